The van der Waals surface area contributed by atoms with Crippen LogP contribution in [0.25, 0.3) is 0 Å². The number of nitrogens with one attached hydrogen (secondary N) is 4. The van der Waals surface area contributed by atoms with E-state index in [1.54, 1.807) is 6.92 Å². The van der Waals surface area contributed by atoms with E-state index in [0.717, 1.165) is 5.56 Å². The lowest BCUT2D eigenvalue weighted by molar-refractivity contribution is -0.143. The number of carboxylic acid groups (broad SMARTS) is 1. The highest BCUT2D eigenvalue weighted by Gasteiger charge is 2.33. The predicted octanol–water partition coefficient (Wildman–Crippen LogP) is -0.900. The van der Waals surface area contributed by atoms with Crippen LogP contribution in [0.2, 0.25) is 0 Å². The molecule has 0 fully saturated rings. The van der Waals surface area contributed by atoms with Crippen LogP contribution < -0.4 is 21.7 Å². The Morgan fingerprint density at radius 2 is 1.67 bits per heavy atom. The fourth-order valence-corrected chi connectivity index (χ4v) is 3.47. The van der Waals surface area contributed by atoms with Crippen LogP contribution in [0.3, 0.4) is 0 Å². The van der Waals surface area contributed by atoms with Crippen molar-refractivity contribution >= 4 is 23.7 Å². The summed E-state index contributed by atoms with van der Waals surface area (Å²) in [5.74, 6) is -3.73. The molecular formula is C24H34N6O6. The van der Waals surface area contributed by atoms with E-state index in [1.807, 2.05) is 37.3 Å². The topological polar surface area (TPSA) is 200 Å². The molecule has 0 aliphatic rings. The second-order valence-electron chi connectivity index (χ2n) is 8.59. The lowest BCUT2D eigenvalue weighted by Crippen LogP contribution is -2.59. The van der Waals surface area contributed by atoms with E-state index in [0.29, 0.717) is 12.1 Å². The number of carbonyl (C=O) groups is 4. The number of aromatic nitrogens is 2. The van der Waals surface area contributed by atoms with Gasteiger partial charge in [-0.05, 0) is 17.9 Å². The maximum atomic E-state index is 13.3. The lowest BCUT2D eigenvalue weighted by atomic mass is 9.97. The van der Waals surface area contributed by atoms with E-state index in [-0.39, 0.29) is 18.8 Å². The summed E-state index contributed by atoms with van der Waals surface area (Å²) in [5.41, 5.74) is 7.51. The first-order chi connectivity index (χ1) is 17.2. The van der Waals surface area contributed by atoms with Crippen molar-refractivity contribution in [3.05, 3.63) is 54.1 Å². The molecule has 2 rings (SSSR count). The molecule has 12 nitrogen and oxygen atoms in total. The van der Waals surface area contributed by atoms with Crippen molar-refractivity contribution in [3.8, 4) is 0 Å². The molecule has 0 radical (unpaired) electrons. The van der Waals surface area contributed by atoms with Gasteiger partial charge in [0.1, 0.15) is 18.1 Å². The van der Waals surface area contributed by atoms with Crippen molar-refractivity contribution in [3.63, 3.8) is 0 Å². The molecule has 0 saturated carbocycles. The molecule has 1 heterocycles. The summed E-state index contributed by atoms with van der Waals surface area (Å²) in [6.07, 6.45) is 3.76. The number of aliphatic hydroxyl groups excluding tert-OH is 1. The number of nitrogens with two attached hydrogens (primary N) is 1. The minimum absolute atomic E-state index is 0.0544. The summed E-state index contributed by atoms with van der Waals surface area (Å²) in [7, 11) is 0. The third-order valence-corrected chi connectivity index (χ3v) is 5.84. The molecule has 8 N–H and O–H groups in total. The van der Waals surface area contributed by atoms with E-state index in [2.05, 4.69) is 25.9 Å². The molecular weight excluding hydrogens is 468 g/mol. The van der Waals surface area contributed by atoms with Gasteiger partial charge < -0.3 is 36.9 Å². The summed E-state index contributed by atoms with van der Waals surface area (Å²) in [6.45, 7) is 2.72. The molecule has 36 heavy (non-hydrogen) atoms. The van der Waals surface area contributed by atoms with Crippen molar-refractivity contribution in [2.24, 2.45) is 11.7 Å². The molecule has 5 atom stereocenters. The molecule has 0 spiro atoms. The van der Waals surface area contributed by atoms with Crippen LogP contribution in [0.4, 0.5) is 0 Å². The Kier molecular flexibility index (Phi) is 11.0. The molecule has 196 valence electrons. The number of rotatable bonds is 14. The zero-order chi connectivity index (χ0) is 26.7. The number of carboxylic acids is 1. The van der Waals surface area contributed by atoms with Gasteiger partial charge in [0.25, 0.3) is 0 Å². The monoisotopic (exact) mass is 502 g/mol. The van der Waals surface area contributed by atoms with Crippen LogP contribution in [-0.2, 0) is 32.0 Å². The Morgan fingerprint density at radius 1 is 1.00 bits per heavy atom. The van der Waals surface area contributed by atoms with E-state index in [1.165, 1.54) is 12.5 Å². The van der Waals surface area contributed by atoms with Gasteiger partial charge in [0.2, 0.25) is 17.7 Å². The highest BCUT2D eigenvalue weighted by Crippen LogP contribution is 2.10. The van der Waals surface area contributed by atoms with Crippen LogP contribution in [-0.4, -0.2) is 74.6 Å². The standard InChI is InChI=1S/C24H34N6O6/c1-3-14(2)20(23(34)29-19(12-31)24(35)36)30-22(33)18(10-16-11-26-13-27-16)28-21(32)17(25)9-15-7-5-4-6-8-15/h4-8,11,13-14,17-20,31H,3,9-10,12,25H2,1-2H3,(H,26,27)(H,28,32)(H,29,34)(H,30,33)(H,35,36). The fourth-order valence-electron chi connectivity index (χ4n) is 3.47. The number of hydrogen-bond donors (Lipinski definition) is 7. The van der Waals surface area contributed by atoms with Crippen molar-refractivity contribution in [1.29, 1.82) is 0 Å². The second-order valence-corrected chi connectivity index (χ2v) is 8.59. The Labute approximate surface area is 209 Å². The first-order valence-electron chi connectivity index (χ1n) is 11.7. The van der Waals surface area contributed by atoms with Gasteiger partial charge in [-0.2, -0.15) is 0 Å². The number of aromatic amines is 1. The molecule has 3 amide bonds. The third kappa shape index (κ3) is 8.47. The van der Waals surface area contributed by atoms with Crippen molar-refractivity contribution in [1.82, 2.24) is 25.9 Å². The zero-order valence-corrected chi connectivity index (χ0v) is 20.3. The zero-order valence-electron chi connectivity index (χ0n) is 20.3. The second kappa shape index (κ2) is 14.0. The number of benzene rings is 1. The van der Waals surface area contributed by atoms with Crippen LogP contribution in [0.15, 0.2) is 42.9 Å². The summed E-state index contributed by atoms with van der Waals surface area (Å²) in [6, 6.07) is 4.57. The van der Waals surface area contributed by atoms with Gasteiger partial charge in [-0.1, -0.05) is 50.6 Å². The average molecular weight is 503 g/mol. The number of nitrogens with zero attached hydrogens (tertiary/aromatic N) is 1. The number of H-pyrrole nitrogens is 1. The highest BCUT2D eigenvalue weighted by molar-refractivity contribution is 5.94. The first kappa shape index (κ1) is 28.5. The van der Waals surface area contributed by atoms with Gasteiger partial charge in [0.15, 0.2) is 0 Å². The average Bonchev–Trinajstić information content (AvgIpc) is 3.38. The van der Waals surface area contributed by atoms with Gasteiger partial charge in [-0.3, -0.25) is 14.4 Å². The van der Waals surface area contributed by atoms with Crippen LogP contribution in [0.5, 0.6) is 0 Å². The minimum Gasteiger partial charge on any atom is -0.480 e. The van der Waals surface area contributed by atoms with Crippen molar-refractivity contribution in [2.75, 3.05) is 6.61 Å². The van der Waals surface area contributed by atoms with Crippen LogP contribution in [0.1, 0.15) is 31.5 Å². The fraction of sp³-hybridized carbons (Fsp3) is 0.458. The molecule has 5 unspecified atom stereocenters. The first-order valence-corrected chi connectivity index (χ1v) is 11.7. The summed E-state index contributed by atoms with van der Waals surface area (Å²) < 4.78 is 0. The number of aliphatic hydroxyl groups is 1. The summed E-state index contributed by atoms with van der Waals surface area (Å²) in [5, 5.41) is 25.9. The van der Waals surface area contributed by atoms with Gasteiger partial charge in [-0.25, -0.2) is 9.78 Å². The molecule has 1 aromatic heterocycles. The number of imidazole rings is 1. The molecule has 0 aliphatic carbocycles. The Morgan fingerprint density at radius 3 is 2.22 bits per heavy atom. The normalized spacial score (nSPS) is 15.1. The van der Waals surface area contributed by atoms with E-state index in [9.17, 15) is 24.3 Å². The van der Waals surface area contributed by atoms with E-state index >= 15 is 0 Å². The number of carbonyl (C=O) groups excluding carboxylic acids is 3. The molecule has 2 aromatic rings. The summed E-state index contributed by atoms with van der Waals surface area (Å²) in [4.78, 5) is 56.9. The van der Waals surface area contributed by atoms with Crippen LogP contribution in [0, 0.1) is 5.92 Å². The van der Waals surface area contributed by atoms with Crippen molar-refractivity contribution < 1.29 is 29.4 Å². The maximum absolute atomic E-state index is 13.3. The molecule has 0 bridgehead atoms. The SMILES string of the molecule is CCC(C)C(NC(=O)C(Cc1cnc[nH]1)NC(=O)C(N)Cc1ccccc1)C(=O)NC(CO)C(=O)O. The molecule has 1 aromatic carbocycles. The molecule has 0 saturated heterocycles. The molecule has 0 aliphatic heterocycles. The van der Waals surface area contributed by atoms with Gasteiger partial charge in [0.05, 0.1) is 19.0 Å². The lowest BCUT2D eigenvalue weighted by Gasteiger charge is -2.27. The Bertz CT molecular complexity index is 1000. The van der Waals surface area contributed by atoms with Gasteiger partial charge >= 0.3 is 5.97 Å². The third-order valence-electron chi connectivity index (χ3n) is 5.84. The number of hydrogen-bond acceptors (Lipinski definition) is 7. The van der Waals surface area contributed by atoms with Gasteiger partial charge in [-0.15, -0.1) is 0 Å². The van der Waals surface area contributed by atoms with Gasteiger partial charge in [0, 0.05) is 18.3 Å². The number of amides is 3. The smallest absolute Gasteiger partial charge is 0.328 e. The highest BCUT2D eigenvalue weighted by atomic mass is 16.4. The van der Waals surface area contributed by atoms with E-state index < -0.39 is 54.5 Å². The molecule has 12 heteroatoms. The maximum Gasteiger partial charge on any atom is 0.328 e. The number of aliphatic carboxylic acids is 1. The van der Waals surface area contributed by atoms with E-state index in [4.69, 9.17) is 10.8 Å². The quantitative estimate of drug-likeness (QED) is 0.172. The Balaban J connectivity index is 2.17. The predicted molar refractivity (Wildman–Crippen MR) is 130 cm³/mol. The minimum atomic E-state index is -1.52. The Hall–Kier alpha value is -3.77. The summed E-state index contributed by atoms with van der Waals surface area (Å²) >= 11 is 0. The van der Waals surface area contributed by atoms with Crippen LogP contribution >= 0.6 is 0 Å². The van der Waals surface area contributed by atoms with Crippen molar-refractivity contribution in [2.45, 2.75) is 57.3 Å². The largest absolute Gasteiger partial charge is 0.480 e.